The smallest absolute Gasteiger partial charge is 0.221 e. The van der Waals surface area contributed by atoms with Crippen molar-refractivity contribution >= 4 is 182 Å². The summed E-state index contributed by atoms with van der Waals surface area (Å²) in [4.78, 5) is 47.7. The van der Waals surface area contributed by atoms with Crippen LogP contribution in [0.2, 0.25) is 0 Å². The number of anilines is 4. The van der Waals surface area contributed by atoms with Gasteiger partial charge >= 0.3 is 0 Å². The highest BCUT2D eigenvalue weighted by Gasteiger charge is 2.28. The maximum Gasteiger partial charge on any atom is 0.221 e. The molecule has 2 aromatic carbocycles. The van der Waals surface area contributed by atoms with Crippen LogP contribution in [0, 0.1) is 21.4 Å². The maximum atomic E-state index is 11.9. The van der Waals surface area contributed by atoms with Crippen LogP contribution in [0.25, 0.3) is 0 Å². The highest BCUT2D eigenvalue weighted by molar-refractivity contribution is 14.1. The summed E-state index contributed by atoms with van der Waals surface area (Å²) in [5, 5.41) is 11.3. The van der Waals surface area contributed by atoms with Crippen LogP contribution in [-0.2, 0) is 19.2 Å². The number of carbonyl (C=O) groups is 4. The molecule has 2 rings (SSSR count). The Morgan fingerprint density at radius 1 is 0.457 bits per heavy atom. The topological polar surface area (TPSA) is 126 Å². The monoisotopic (exact) mass is 1150 g/mol. The minimum absolute atomic E-state index is 0.277. The molecule has 0 aromatic heterocycles. The van der Waals surface area contributed by atoms with Gasteiger partial charge < -0.3 is 26.0 Å². The quantitative estimate of drug-likeness (QED) is 0.234. The van der Waals surface area contributed by atoms with Gasteiger partial charge in [-0.1, -0.05) is 0 Å². The summed E-state index contributed by atoms with van der Waals surface area (Å²) in [5.41, 5.74) is 1.99. The molecule has 188 valence electrons. The molecule has 0 aliphatic rings. The molecule has 15 heteroatoms. The van der Waals surface area contributed by atoms with E-state index in [0.717, 1.165) is 0 Å². The fraction of sp³-hybridized carbons (Fsp3) is 0.200. The molecule has 2 aromatic rings. The molecule has 4 N–H and O–H groups in total. The number of benzene rings is 2. The van der Waals surface area contributed by atoms with Crippen molar-refractivity contribution in [1.29, 1.82) is 0 Å². The molecule has 0 bridgehead atoms. The second-order valence-corrected chi connectivity index (χ2v) is 13.3. The van der Waals surface area contributed by atoms with E-state index < -0.39 is 0 Å². The minimum Gasteiger partial charge on any atom is -0.453 e. The fourth-order valence-corrected chi connectivity index (χ4v) is 10.6. The van der Waals surface area contributed by atoms with E-state index in [1.54, 1.807) is 0 Å². The third-order valence-electron chi connectivity index (χ3n) is 3.96. The lowest BCUT2D eigenvalue weighted by atomic mass is 10.2. The van der Waals surface area contributed by atoms with E-state index in [1.807, 2.05) is 0 Å². The highest BCUT2D eigenvalue weighted by Crippen LogP contribution is 2.49. The summed E-state index contributed by atoms with van der Waals surface area (Å²) in [6.45, 7) is 5.58. The maximum absolute atomic E-state index is 11.9. The van der Waals surface area contributed by atoms with E-state index in [-0.39, 0.29) is 23.6 Å². The zero-order chi connectivity index (χ0) is 26.8. The minimum atomic E-state index is -0.277. The van der Waals surface area contributed by atoms with Crippen LogP contribution in [0.3, 0.4) is 0 Å². The first-order chi connectivity index (χ1) is 16.2. The molecule has 0 unspecified atom stereocenters. The van der Waals surface area contributed by atoms with Crippen LogP contribution in [0.1, 0.15) is 27.7 Å². The van der Waals surface area contributed by atoms with Crippen molar-refractivity contribution < 1.29 is 23.9 Å². The van der Waals surface area contributed by atoms with Crippen molar-refractivity contribution in [2.24, 2.45) is 0 Å². The lowest BCUT2D eigenvalue weighted by Crippen LogP contribution is -2.16. The van der Waals surface area contributed by atoms with Gasteiger partial charge in [0.15, 0.2) is 11.5 Å². The molecular formula is C20H16I6N4O5. The molecule has 0 spiro atoms. The first kappa shape index (κ1) is 31.7. The van der Waals surface area contributed by atoms with Crippen LogP contribution in [0.15, 0.2) is 0 Å². The van der Waals surface area contributed by atoms with Crippen LogP contribution in [-0.4, -0.2) is 23.6 Å². The zero-order valence-corrected chi connectivity index (χ0v) is 31.3. The number of carbonyl (C=O) groups excluding carboxylic acids is 4. The van der Waals surface area contributed by atoms with Crippen LogP contribution in [0.4, 0.5) is 22.7 Å². The Kier molecular flexibility index (Phi) is 12.3. The highest BCUT2D eigenvalue weighted by atomic mass is 127. The Bertz CT molecular complexity index is 1090. The van der Waals surface area contributed by atoms with E-state index in [0.29, 0.717) is 55.7 Å². The Morgan fingerprint density at radius 3 is 0.829 bits per heavy atom. The molecule has 0 aliphatic carbocycles. The van der Waals surface area contributed by atoms with Gasteiger partial charge in [-0.15, -0.1) is 0 Å². The first-order valence-corrected chi connectivity index (χ1v) is 15.8. The summed E-state index contributed by atoms with van der Waals surface area (Å²) in [6, 6.07) is 0. The Hall–Kier alpha value is 0.500. The average molecular weight is 1150 g/mol. The predicted molar refractivity (Wildman–Crippen MR) is 186 cm³/mol. The number of hydrogen-bond donors (Lipinski definition) is 4. The molecular weight excluding hydrogens is 1140 g/mol. The number of halogens is 6. The predicted octanol–water partition coefficient (Wildman–Crippen LogP) is 6.94. The van der Waals surface area contributed by atoms with E-state index in [4.69, 9.17) is 4.74 Å². The molecule has 0 radical (unpaired) electrons. The van der Waals surface area contributed by atoms with Gasteiger partial charge in [0.05, 0.1) is 44.2 Å². The van der Waals surface area contributed by atoms with Gasteiger partial charge in [-0.25, -0.2) is 0 Å². The molecule has 9 nitrogen and oxygen atoms in total. The van der Waals surface area contributed by atoms with Crippen molar-refractivity contribution in [3.8, 4) is 11.5 Å². The molecule has 0 fully saturated rings. The largest absolute Gasteiger partial charge is 0.453 e. The molecule has 0 atom stereocenters. The molecule has 35 heavy (non-hydrogen) atoms. The lowest BCUT2D eigenvalue weighted by Gasteiger charge is -2.23. The van der Waals surface area contributed by atoms with Gasteiger partial charge in [0.2, 0.25) is 23.6 Å². The van der Waals surface area contributed by atoms with Crippen LogP contribution >= 0.6 is 136 Å². The van der Waals surface area contributed by atoms with E-state index in [2.05, 4.69) is 157 Å². The summed E-state index contributed by atoms with van der Waals surface area (Å²) in [7, 11) is 0. The van der Waals surface area contributed by atoms with Crippen molar-refractivity contribution in [3.63, 3.8) is 0 Å². The second-order valence-electron chi connectivity index (χ2n) is 6.87. The van der Waals surface area contributed by atoms with Crippen molar-refractivity contribution in [1.82, 2.24) is 0 Å². The molecule has 0 aliphatic heterocycles. The second kappa shape index (κ2) is 13.5. The average Bonchev–Trinajstić information content (AvgIpc) is 2.73. The van der Waals surface area contributed by atoms with Gasteiger partial charge in [-0.2, -0.15) is 0 Å². The van der Waals surface area contributed by atoms with Gasteiger partial charge in [0.25, 0.3) is 0 Å². The SMILES string of the molecule is CC(=O)Nc1c(I)c(NC(C)=O)c(I)c(Oc2c(I)c(NC(C)=O)c(I)c(NC(C)=O)c2I)c1I. The van der Waals surface area contributed by atoms with Gasteiger partial charge in [0.1, 0.15) is 0 Å². The number of rotatable bonds is 6. The standard InChI is InChI=1S/C20H16I6N4O5/c1-5(31)27-15-9(21)16(28-6(2)32)12(24)19(11(15)23)35-20-13(25)17(29-7(3)33)10(22)18(14(20)26)30-8(4)34/h1-4H3,(H,27,31)(H,28,32)(H,29,33)(H,30,34). The van der Waals surface area contributed by atoms with E-state index in [1.165, 1.54) is 27.7 Å². The van der Waals surface area contributed by atoms with E-state index in [9.17, 15) is 19.2 Å². The molecule has 0 saturated heterocycles. The Morgan fingerprint density at radius 2 is 0.657 bits per heavy atom. The lowest BCUT2D eigenvalue weighted by molar-refractivity contribution is -0.115. The zero-order valence-electron chi connectivity index (χ0n) is 18.3. The molecule has 4 amide bonds. The number of amides is 4. The summed E-state index contributed by atoms with van der Waals surface area (Å²) in [6.07, 6.45) is 0. The third-order valence-corrected chi connectivity index (χ3v) is 10.2. The van der Waals surface area contributed by atoms with Crippen molar-refractivity contribution in [2.45, 2.75) is 27.7 Å². The molecule has 0 heterocycles. The summed E-state index contributed by atoms with van der Waals surface area (Å²) in [5.74, 6) is -0.304. The Balaban J connectivity index is 2.89. The van der Waals surface area contributed by atoms with Crippen LogP contribution < -0.4 is 26.0 Å². The van der Waals surface area contributed by atoms with Gasteiger partial charge in [0, 0.05) is 27.7 Å². The normalized spacial score (nSPS) is 10.5. The fourth-order valence-electron chi connectivity index (χ4n) is 2.71. The summed E-state index contributed by atoms with van der Waals surface area (Å²) < 4.78 is 10.2. The van der Waals surface area contributed by atoms with Crippen LogP contribution in [0.5, 0.6) is 11.5 Å². The number of nitrogens with one attached hydrogen (secondary N) is 4. The van der Waals surface area contributed by atoms with Crippen molar-refractivity contribution in [2.75, 3.05) is 21.3 Å². The number of ether oxygens (including phenoxy) is 1. The number of hydrogen-bond acceptors (Lipinski definition) is 5. The first-order valence-electron chi connectivity index (χ1n) is 9.36. The van der Waals surface area contributed by atoms with Gasteiger partial charge in [-0.3, -0.25) is 19.2 Å². The summed E-state index contributed by atoms with van der Waals surface area (Å²) >= 11 is 12.5. The van der Waals surface area contributed by atoms with E-state index >= 15 is 0 Å². The van der Waals surface area contributed by atoms with Crippen molar-refractivity contribution in [3.05, 3.63) is 21.4 Å². The van der Waals surface area contributed by atoms with Gasteiger partial charge in [-0.05, 0) is 136 Å². The third kappa shape index (κ3) is 7.77. The Labute approximate surface area is 283 Å². The molecule has 0 saturated carbocycles.